The Kier molecular flexibility index (Phi) is 2.98. The van der Waals surface area contributed by atoms with Crippen LogP contribution in [0.1, 0.15) is 0 Å². The second-order valence-corrected chi connectivity index (χ2v) is 3.97. The van der Waals surface area contributed by atoms with E-state index in [1.165, 1.54) is 0 Å². The second kappa shape index (κ2) is 4.41. The summed E-state index contributed by atoms with van der Waals surface area (Å²) in [5, 5.41) is 3.27. The van der Waals surface area contributed by atoms with Gasteiger partial charge in [-0.2, -0.15) is 0 Å². The van der Waals surface area contributed by atoms with Crippen LogP contribution in [-0.4, -0.2) is 4.98 Å². The first-order valence-corrected chi connectivity index (χ1v) is 5.36. The minimum Gasteiger partial charge on any atom is -0.354 e. The van der Waals surface area contributed by atoms with Crippen molar-refractivity contribution in [2.75, 3.05) is 5.32 Å². The van der Waals surface area contributed by atoms with Gasteiger partial charge in [0.1, 0.15) is 3.70 Å². The van der Waals surface area contributed by atoms with Gasteiger partial charge in [0.25, 0.3) is 0 Å². The third kappa shape index (κ3) is 2.45. The lowest BCUT2D eigenvalue weighted by atomic mass is 10.3. The predicted molar refractivity (Wildman–Crippen MR) is 66.7 cm³/mol. The molecule has 1 aromatic heterocycles. The molecular weight excluding hydrogens is 287 g/mol. The van der Waals surface area contributed by atoms with Crippen molar-refractivity contribution in [3.05, 3.63) is 52.4 Å². The van der Waals surface area contributed by atoms with E-state index in [1.54, 1.807) is 0 Å². The van der Waals surface area contributed by atoms with Gasteiger partial charge in [0, 0.05) is 5.69 Å². The Morgan fingerprint density at radius 2 is 1.71 bits per heavy atom. The number of halogens is 1. The predicted octanol–water partition coefficient (Wildman–Crippen LogP) is 3.43. The maximum absolute atomic E-state index is 4.20. The zero-order chi connectivity index (χ0) is 9.80. The van der Waals surface area contributed by atoms with Gasteiger partial charge in [-0.15, -0.1) is 0 Å². The Hall–Kier alpha value is -1.10. The molecule has 0 radical (unpaired) electrons. The molecule has 2 nitrogen and oxygen atoms in total. The van der Waals surface area contributed by atoms with Gasteiger partial charge in [0.15, 0.2) is 0 Å². The molecule has 1 heterocycles. The Morgan fingerprint density at radius 3 is 2.36 bits per heavy atom. The normalized spacial score (nSPS) is 9.79. The molecular formula is C11H9IN2. The molecule has 0 amide bonds. The highest BCUT2D eigenvalue weighted by Crippen LogP contribution is 2.15. The molecule has 0 spiro atoms. The Balaban J connectivity index is 2.16. The number of hydrogen-bond donors (Lipinski definition) is 1. The number of nitrogens with zero attached hydrogens (tertiary/aromatic N) is 1. The fourth-order valence-electron chi connectivity index (χ4n) is 1.14. The van der Waals surface area contributed by atoms with E-state index in [-0.39, 0.29) is 0 Å². The average Bonchev–Trinajstić information content (AvgIpc) is 2.23. The van der Waals surface area contributed by atoms with Crippen LogP contribution < -0.4 is 5.32 Å². The number of nitrogens with one attached hydrogen (secondary N) is 1. The fourth-order valence-corrected chi connectivity index (χ4v) is 1.46. The van der Waals surface area contributed by atoms with E-state index in [1.807, 2.05) is 48.7 Å². The number of aromatic nitrogens is 1. The van der Waals surface area contributed by atoms with Gasteiger partial charge < -0.3 is 5.32 Å². The van der Waals surface area contributed by atoms with E-state index in [9.17, 15) is 0 Å². The van der Waals surface area contributed by atoms with Crippen LogP contribution in [0.15, 0.2) is 48.7 Å². The van der Waals surface area contributed by atoms with Crippen molar-refractivity contribution < 1.29 is 0 Å². The largest absolute Gasteiger partial charge is 0.354 e. The molecule has 0 aliphatic carbocycles. The summed E-state index contributed by atoms with van der Waals surface area (Å²) in [7, 11) is 0. The van der Waals surface area contributed by atoms with Gasteiger partial charge in [-0.05, 0) is 46.9 Å². The molecule has 0 saturated carbocycles. The Labute approximate surface area is 96.5 Å². The molecule has 0 atom stereocenters. The maximum atomic E-state index is 4.20. The SMILES string of the molecule is Ic1ccc(Nc2ccccc2)cn1. The van der Waals surface area contributed by atoms with E-state index in [4.69, 9.17) is 0 Å². The van der Waals surface area contributed by atoms with Crippen LogP contribution in [-0.2, 0) is 0 Å². The van der Waals surface area contributed by atoms with Crippen molar-refractivity contribution in [2.24, 2.45) is 0 Å². The van der Waals surface area contributed by atoms with Gasteiger partial charge in [0.2, 0.25) is 0 Å². The van der Waals surface area contributed by atoms with E-state index in [2.05, 4.69) is 32.9 Å². The molecule has 0 saturated heterocycles. The summed E-state index contributed by atoms with van der Waals surface area (Å²) >= 11 is 2.19. The highest BCUT2D eigenvalue weighted by atomic mass is 127. The minimum atomic E-state index is 1.00. The summed E-state index contributed by atoms with van der Waals surface area (Å²) in [4.78, 5) is 4.20. The van der Waals surface area contributed by atoms with Crippen LogP contribution in [0.4, 0.5) is 11.4 Å². The lowest BCUT2D eigenvalue weighted by Gasteiger charge is -2.04. The standard InChI is InChI=1S/C11H9IN2/c12-11-7-6-10(8-13-11)14-9-4-2-1-3-5-9/h1-8,14H. The molecule has 0 aliphatic heterocycles. The summed E-state index contributed by atoms with van der Waals surface area (Å²) in [6.45, 7) is 0. The topological polar surface area (TPSA) is 24.9 Å². The maximum Gasteiger partial charge on any atom is 0.101 e. The quantitative estimate of drug-likeness (QED) is 0.678. The highest BCUT2D eigenvalue weighted by Gasteiger charge is 1.93. The number of para-hydroxylation sites is 1. The summed E-state index contributed by atoms with van der Waals surface area (Å²) in [6, 6.07) is 14.0. The molecule has 3 heteroatoms. The zero-order valence-electron chi connectivity index (χ0n) is 7.44. The monoisotopic (exact) mass is 296 g/mol. The van der Waals surface area contributed by atoms with Crippen molar-refractivity contribution >= 4 is 34.0 Å². The molecule has 1 N–H and O–H groups in total. The van der Waals surface area contributed by atoms with Gasteiger partial charge in [-0.3, -0.25) is 0 Å². The fraction of sp³-hybridized carbons (Fsp3) is 0. The summed E-state index contributed by atoms with van der Waals surface area (Å²) < 4.78 is 1.00. The lowest BCUT2D eigenvalue weighted by molar-refractivity contribution is 1.27. The molecule has 0 aliphatic rings. The zero-order valence-corrected chi connectivity index (χ0v) is 9.60. The third-order valence-electron chi connectivity index (χ3n) is 1.79. The van der Waals surface area contributed by atoms with Crippen molar-refractivity contribution in [1.29, 1.82) is 0 Å². The van der Waals surface area contributed by atoms with Gasteiger partial charge in [0.05, 0.1) is 11.9 Å². The first-order chi connectivity index (χ1) is 6.84. The molecule has 0 bridgehead atoms. The summed E-state index contributed by atoms with van der Waals surface area (Å²) in [5.74, 6) is 0. The molecule has 0 fully saturated rings. The number of hydrogen-bond acceptors (Lipinski definition) is 2. The average molecular weight is 296 g/mol. The van der Waals surface area contributed by atoms with Gasteiger partial charge in [-0.25, -0.2) is 4.98 Å². The highest BCUT2D eigenvalue weighted by molar-refractivity contribution is 14.1. The Morgan fingerprint density at radius 1 is 0.929 bits per heavy atom. The van der Waals surface area contributed by atoms with Crippen LogP contribution in [0.3, 0.4) is 0 Å². The minimum absolute atomic E-state index is 1.00. The molecule has 2 rings (SSSR count). The molecule has 1 aromatic carbocycles. The number of rotatable bonds is 2. The Bertz CT molecular complexity index is 397. The van der Waals surface area contributed by atoms with E-state index < -0.39 is 0 Å². The smallest absolute Gasteiger partial charge is 0.101 e. The first kappa shape index (κ1) is 9.45. The molecule has 70 valence electrons. The van der Waals surface area contributed by atoms with Crippen LogP contribution in [0.25, 0.3) is 0 Å². The van der Waals surface area contributed by atoms with Crippen LogP contribution in [0, 0.1) is 3.70 Å². The molecule has 2 aromatic rings. The summed E-state index contributed by atoms with van der Waals surface area (Å²) in [6.07, 6.45) is 1.83. The van der Waals surface area contributed by atoms with E-state index in [0.717, 1.165) is 15.1 Å². The van der Waals surface area contributed by atoms with Crippen molar-refractivity contribution in [2.45, 2.75) is 0 Å². The van der Waals surface area contributed by atoms with E-state index >= 15 is 0 Å². The second-order valence-electron chi connectivity index (χ2n) is 2.86. The first-order valence-electron chi connectivity index (χ1n) is 4.28. The number of pyridine rings is 1. The summed E-state index contributed by atoms with van der Waals surface area (Å²) in [5.41, 5.74) is 2.09. The molecule has 14 heavy (non-hydrogen) atoms. The van der Waals surface area contributed by atoms with E-state index in [0.29, 0.717) is 0 Å². The van der Waals surface area contributed by atoms with Gasteiger partial charge >= 0.3 is 0 Å². The van der Waals surface area contributed by atoms with Crippen molar-refractivity contribution in [1.82, 2.24) is 4.98 Å². The lowest BCUT2D eigenvalue weighted by Crippen LogP contribution is -1.90. The van der Waals surface area contributed by atoms with Crippen LogP contribution in [0.2, 0.25) is 0 Å². The van der Waals surface area contributed by atoms with Crippen molar-refractivity contribution in [3.63, 3.8) is 0 Å². The third-order valence-corrected chi connectivity index (χ3v) is 2.43. The number of benzene rings is 1. The molecule has 0 unspecified atom stereocenters. The number of anilines is 2. The van der Waals surface area contributed by atoms with Crippen LogP contribution >= 0.6 is 22.6 Å². The van der Waals surface area contributed by atoms with Crippen molar-refractivity contribution in [3.8, 4) is 0 Å². The van der Waals surface area contributed by atoms with Gasteiger partial charge in [-0.1, -0.05) is 18.2 Å². The van der Waals surface area contributed by atoms with Crippen LogP contribution in [0.5, 0.6) is 0 Å².